The Morgan fingerprint density at radius 3 is 2.52 bits per heavy atom. The Balaban J connectivity index is 2.14. The topological polar surface area (TPSA) is 25.2 Å². The highest BCUT2D eigenvalue weighted by Gasteiger charge is 2.28. The molecule has 1 aliphatic heterocycles. The van der Waals surface area contributed by atoms with Gasteiger partial charge in [-0.3, -0.25) is 4.79 Å². The molecule has 27 heavy (non-hydrogen) atoms. The van der Waals surface area contributed by atoms with E-state index in [0.29, 0.717) is 6.42 Å². The molecular weight excluding hydrogens is 359 g/mol. The second-order valence-electron chi connectivity index (χ2n) is 7.20. The molecule has 0 aliphatic carbocycles. The van der Waals surface area contributed by atoms with Crippen LogP contribution in [-0.4, -0.2) is 23.2 Å². The predicted octanol–water partition coefficient (Wildman–Crippen LogP) is 5.29. The first-order valence-corrected chi connectivity index (χ1v) is 10.3. The summed E-state index contributed by atoms with van der Waals surface area (Å²) in [7, 11) is 0. The molecule has 3 aromatic rings. The highest BCUT2D eigenvalue weighted by atomic mass is 32.2. The van der Waals surface area contributed by atoms with E-state index >= 15 is 0 Å². The molecule has 0 atom stereocenters. The maximum Gasteiger partial charge on any atom is 0.134 e. The molecule has 0 unspecified atom stereocenters. The first-order chi connectivity index (χ1) is 12.9. The number of carbonyl (C=O) groups is 1. The van der Waals surface area contributed by atoms with E-state index < -0.39 is 0 Å². The third kappa shape index (κ3) is 2.85. The summed E-state index contributed by atoms with van der Waals surface area (Å²) in [6, 6.07) is 8.83. The number of ketones is 1. The van der Waals surface area contributed by atoms with Gasteiger partial charge in [0, 0.05) is 36.8 Å². The summed E-state index contributed by atoms with van der Waals surface area (Å²) in [6.07, 6.45) is 2.48. The zero-order chi connectivity index (χ0) is 19.3. The first-order valence-electron chi connectivity index (χ1n) is 9.14. The van der Waals surface area contributed by atoms with Gasteiger partial charge in [-0.2, -0.15) is 0 Å². The smallest absolute Gasteiger partial charge is 0.134 e. The van der Waals surface area contributed by atoms with Crippen molar-refractivity contribution in [3.63, 3.8) is 0 Å². The third-order valence-electron chi connectivity index (χ3n) is 5.46. The van der Waals surface area contributed by atoms with Gasteiger partial charge in [0.15, 0.2) is 0 Å². The van der Waals surface area contributed by atoms with Crippen molar-refractivity contribution in [3.05, 3.63) is 53.0 Å². The molecule has 1 aliphatic rings. The van der Waals surface area contributed by atoms with E-state index in [4.69, 9.17) is 0 Å². The number of nitrogens with zero attached hydrogens (tertiary/aromatic N) is 2. The lowest BCUT2D eigenvalue weighted by Gasteiger charge is -2.32. The highest BCUT2D eigenvalue weighted by Crippen LogP contribution is 2.46. The van der Waals surface area contributed by atoms with Crippen molar-refractivity contribution in [3.8, 4) is 11.1 Å². The number of hydrogen-bond donors (Lipinski definition) is 0. The van der Waals surface area contributed by atoms with Crippen LogP contribution in [0.5, 0.6) is 0 Å². The molecule has 0 spiro atoms. The Hall–Kier alpha value is -2.27. The highest BCUT2D eigenvalue weighted by molar-refractivity contribution is 8.00. The van der Waals surface area contributed by atoms with Crippen molar-refractivity contribution in [1.29, 1.82) is 0 Å². The van der Waals surface area contributed by atoms with Gasteiger partial charge in [-0.1, -0.05) is 24.1 Å². The standard InChI is InChI=1S/C22H23FN2OS/c1-13-11-19-20(16-5-7-17(23)8-6-16)18(12-14(2)26)15(3)21-22(19)24(13)9-10-25(21)27-4/h5-8,11H,9-10,12H2,1-4H3. The van der Waals surface area contributed by atoms with E-state index in [1.54, 1.807) is 18.9 Å². The summed E-state index contributed by atoms with van der Waals surface area (Å²) < 4.78 is 18.2. The molecule has 0 bridgehead atoms. The number of carbonyl (C=O) groups excluding carboxylic acids is 1. The molecule has 0 amide bonds. The minimum absolute atomic E-state index is 0.135. The molecule has 0 radical (unpaired) electrons. The molecule has 0 saturated heterocycles. The SMILES string of the molecule is CSN1CCn2c(C)cc3c(-c4ccc(F)cc4)c(CC(C)=O)c(C)c1c32. The van der Waals surface area contributed by atoms with E-state index in [0.717, 1.165) is 40.7 Å². The summed E-state index contributed by atoms with van der Waals surface area (Å²) in [5, 5.41) is 1.15. The molecule has 3 nitrogen and oxygen atoms in total. The van der Waals surface area contributed by atoms with Gasteiger partial charge in [0.2, 0.25) is 0 Å². The van der Waals surface area contributed by atoms with Gasteiger partial charge in [-0.15, -0.1) is 0 Å². The summed E-state index contributed by atoms with van der Waals surface area (Å²) >= 11 is 1.72. The monoisotopic (exact) mass is 382 g/mol. The molecule has 2 heterocycles. The molecule has 2 aromatic carbocycles. The molecule has 5 heteroatoms. The van der Waals surface area contributed by atoms with Crippen molar-refractivity contribution in [2.45, 2.75) is 33.7 Å². The number of halogens is 1. The predicted molar refractivity (Wildman–Crippen MR) is 112 cm³/mol. The van der Waals surface area contributed by atoms with Crippen molar-refractivity contribution in [1.82, 2.24) is 4.57 Å². The van der Waals surface area contributed by atoms with Crippen molar-refractivity contribution in [2.24, 2.45) is 0 Å². The lowest BCUT2D eigenvalue weighted by atomic mass is 9.88. The first kappa shape index (κ1) is 18.1. The van der Waals surface area contributed by atoms with Crippen LogP contribution in [0.4, 0.5) is 10.1 Å². The largest absolute Gasteiger partial charge is 0.341 e. The normalized spacial score (nSPS) is 13.4. The minimum atomic E-state index is -0.250. The molecule has 0 N–H and O–H groups in total. The number of hydrogen-bond acceptors (Lipinski definition) is 3. The molecule has 1 aromatic heterocycles. The summed E-state index contributed by atoms with van der Waals surface area (Å²) in [6.45, 7) is 7.76. The third-order valence-corrected chi connectivity index (χ3v) is 6.27. The van der Waals surface area contributed by atoms with Crippen LogP contribution in [0.3, 0.4) is 0 Å². The maximum absolute atomic E-state index is 13.5. The van der Waals surface area contributed by atoms with Crippen LogP contribution in [0, 0.1) is 19.7 Å². The Bertz CT molecular complexity index is 1050. The van der Waals surface area contributed by atoms with Crippen molar-refractivity contribution in [2.75, 3.05) is 17.1 Å². The van der Waals surface area contributed by atoms with Crippen molar-refractivity contribution >= 4 is 34.3 Å². The fraction of sp³-hybridized carbons (Fsp3) is 0.318. The summed E-state index contributed by atoms with van der Waals surface area (Å²) in [5.41, 5.74) is 7.86. The van der Waals surface area contributed by atoms with E-state index in [-0.39, 0.29) is 11.6 Å². The van der Waals surface area contributed by atoms with Gasteiger partial charge in [-0.05, 0) is 61.2 Å². The number of rotatable bonds is 4. The van der Waals surface area contributed by atoms with Crippen molar-refractivity contribution < 1.29 is 9.18 Å². The van der Waals surface area contributed by atoms with Crippen LogP contribution in [0.25, 0.3) is 22.0 Å². The Kier molecular flexibility index (Phi) is 4.50. The van der Waals surface area contributed by atoms with E-state index in [1.807, 2.05) is 12.1 Å². The lowest BCUT2D eigenvalue weighted by molar-refractivity contribution is -0.116. The van der Waals surface area contributed by atoms with Crippen LogP contribution in [0.1, 0.15) is 23.7 Å². The Morgan fingerprint density at radius 1 is 1.19 bits per heavy atom. The molecule has 140 valence electrons. The second kappa shape index (κ2) is 6.71. The van der Waals surface area contributed by atoms with Crippen LogP contribution < -0.4 is 4.31 Å². The average Bonchev–Trinajstić information content (AvgIpc) is 2.97. The van der Waals surface area contributed by atoms with Gasteiger partial charge in [0.25, 0.3) is 0 Å². The van der Waals surface area contributed by atoms with Gasteiger partial charge in [0.1, 0.15) is 11.6 Å². The van der Waals surface area contributed by atoms with E-state index in [1.165, 1.54) is 29.0 Å². The summed E-state index contributed by atoms with van der Waals surface area (Å²) in [4.78, 5) is 12.1. The Morgan fingerprint density at radius 2 is 1.89 bits per heavy atom. The average molecular weight is 383 g/mol. The summed E-state index contributed by atoms with van der Waals surface area (Å²) in [5.74, 6) is -0.115. The lowest BCUT2D eigenvalue weighted by Crippen LogP contribution is -2.27. The van der Waals surface area contributed by atoms with Gasteiger partial charge in [0.05, 0.1) is 11.2 Å². The quantitative estimate of drug-likeness (QED) is 0.573. The van der Waals surface area contributed by atoms with Crippen LogP contribution >= 0.6 is 11.9 Å². The Labute approximate surface area is 163 Å². The second-order valence-corrected chi connectivity index (χ2v) is 8.00. The molecule has 0 fully saturated rings. The number of Topliss-reactive ketones (excluding diaryl/α,β-unsaturated/α-hetero) is 1. The molecular formula is C22H23FN2OS. The van der Waals surface area contributed by atoms with E-state index in [2.05, 4.69) is 35.0 Å². The zero-order valence-corrected chi connectivity index (χ0v) is 16.9. The van der Waals surface area contributed by atoms with Gasteiger partial charge >= 0.3 is 0 Å². The van der Waals surface area contributed by atoms with Gasteiger partial charge < -0.3 is 8.87 Å². The van der Waals surface area contributed by atoms with Gasteiger partial charge in [-0.25, -0.2) is 4.39 Å². The fourth-order valence-corrected chi connectivity index (χ4v) is 4.96. The minimum Gasteiger partial charge on any atom is -0.341 e. The number of benzene rings is 2. The van der Waals surface area contributed by atoms with Crippen LogP contribution in [0.2, 0.25) is 0 Å². The van der Waals surface area contributed by atoms with E-state index in [9.17, 15) is 9.18 Å². The van der Waals surface area contributed by atoms with Crippen LogP contribution in [-0.2, 0) is 17.8 Å². The maximum atomic E-state index is 13.5. The van der Waals surface area contributed by atoms with Crippen LogP contribution in [0.15, 0.2) is 30.3 Å². The molecule has 0 saturated carbocycles. The number of aromatic nitrogens is 1. The zero-order valence-electron chi connectivity index (χ0n) is 16.1. The number of anilines is 1. The fourth-order valence-electron chi connectivity index (χ4n) is 4.29. The molecule has 4 rings (SSSR count). The number of aryl methyl sites for hydroxylation is 1.